The molecular formula is C16H19N5OS. The van der Waals surface area contributed by atoms with Gasteiger partial charge in [-0.15, -0.1) is 0 Å². The molecule has 0 saturated heterocycles. The van der Waals surface area contributed by atoms with Gasteiger partial charge in [0.15, 0.2) is 4.77 Å². The van der Waals surface area contributed by atoms with Crippen molar-refractivity contribution in [2.45, 2.75) is 26.8 Å². The van der Waals surface area contributed by atoms with E-state index in [-0.39, 0.29) is 5.91 Å². The van der Waals surface area contributed by atoms with Gasteiger partial charge < -0.3 is 14.9 Å². The molecule has 7 heteroatoms. The molecule has 3 N–H and O–H groups in total. The molecule has 0 spiro atoms. The van der Waals surface area contributed by atoms with Crippen LogP contribution in [0.5, 0.6) is 0 Å². The molecule has 0 aliphatic heterocycles. The fourth-order valence-corrected chi connectivity index (χ4v) is 3.03. The number of H-pyrrole nitrogens is 2. The Morgan fingerprint density at radius 2 is 2.17 bits per heavy atom. The number of carbonyl (C=O) groups is 1. The van der Waals surface area contributed by atoms with Gasteiger partial charge in [-0.05, 0) is 25.2 Å². The fraction of sp³-hybridized carbons (Fsp3) is 0.312. The Bertz CT molecular complexity index is 905. The number of benzene rings is 1. The highest BCUT2D eigenvalue weighted by molar-refractivity contribution is 7.71. The summed E-state index contributed by atoms with van der Waals surface area (Å²) in [5.74, 6) is 0.820. The van der Waals surface area contributed by atoms with Crippen molar-refractivity contribution in [1.82, 2.24) is 25.1 Å². The Labute approximate surface area is 138 Å². The third kappa shape index (κ3) is 2.92. The van der Waals surface area contributed by atoms with Crippen molar-refractivity contribution < 1.29 is 4.79 Å². The number of aromatic nitrogens is 4. The topological polar surface area (TPSA) is 78.5 Å². The van der Waals surface area contributed by atoms with Crippen LogP contribution < -0.4 is 5.32 Å². The minimum absolute atomic E-state index is 0.0759. The number of hydrogen-bond acceptors (Lipinski definition) is 3. The molecule has 0 unspecified atom stereocenters. The van der Waals surface area contributed by atoms with Gasteiger partial charge in [0.2, 0.25) is 0 Å². The van der Waals surface area contributed by atoms with E-state index < -0.39 is 0 Å². The first-order valence-electron chi connectivity index (χ1n) is 7.61. The zero-order valence-electron chi connectivity index (χ0n) is 13.1. The summed E-state index contributed by atoms with van der Waals surface area (Å²) in [6, 6.07) is 7.81. The van der Waals surface area contributed by atoms with E-state index in [2.05, 4.69) is 20.5 Å². The Morgan fingerprint density at radius 1 is 1.39 bits per heavy atom. The lowest BCUT2D eigenvalue weighted by molar-refractivity contribution is 0.0953. The molecule has 0 bridgehead atoms. The van der Waals surface area contributed by atoms with Crippen LogP contribution in [0.4, 0.5) is 0 Å². The number of rotatable bonds is 5. The summed E-state index contributed by atoms with van der Waals surface area (Å²) in [5.41, 5.74) is 2.55. The maximum atomic E-state index is 12.5. The zero-order valence-corrected chi connectivity index (χ0v) is 14.0. The van der Waals surface area contributed by atoms with E-state index in [1.807, 2.05) is 42.7 Å². The van der Waals surface area contributed by atoms with Crippen LogP contribution in [0.15, 0.2) is 24.3 Å². The minimum Gasteiger partial charge on any atom is -0.358 e. The van der Waals surface area contributed by atoms with Crippen LogP contribution in [0.3, 0.4) is 0 Å². The SMILES string of the molecule is CCc1n[nH]c(=S)n1CCNC(=O)c1c(C)[nH]c2ccccc12. The van der Waals surface area contributed by atoms with Crippen LogP contribution in [-0.4, -0.2) is 32.2 Å². The highest BCUT2D eigenvalue weighted by atomic mass is 32.1. The molecule has 1 amide bonds. The average molecular weight is 329 g/mol. The lowest BCUT2D eigenvalue weighted by Gasteiger charge is -2.08. The molecule has 120 valence electrons. The van der Waals surface area contributed by atoms with Gasteiger partial charge in [0.1, 0.15) is 5.82 Å². The number of nitrogens with one attached hydrogen (secondary N) is 3. The van der Waals surface area contributed by atoms with Gasteiger partial charge in [0, 0.05) is 36.1 Å². The molecule has 0 aliphatic carbocycles. The van der Waals surface area contributed by atoms with Crippen molar-refractivity contribution in [2.75, 3.05) is 6.54 Å². The van der Waals surface area contributed by atoms with Crippen molar-refractivity contribution in [3.8, 4) is 0 Å². The van der Waals surface area contributed by atoms with E-state index in [0.29, 0.717) is 23.4 Å². The average Bonchev–Trinajstić information content (AvgIpc) is 3.06. The maximum Gasteiger partial charge on any atom is 0.253 e. The van der Waals surface area contributed by atoms with Crippen LogP contribution in [0.25, 0.3) is 10.9 Å². The van der Waals surface area contributed by atoms with Gasteiger partial charge >= 0.3 is 0 Å². The summed E-state index contributed by atoms with van der Waals surface area (Å²) < 4.78 is 2.50. The number of fused-ring (bicyclic) bond motifs is 1. The van der Waals surface area contributed by atoms with Crippen molar-refractivity contribution in [2.24, 2.45) is 0 Å². The van der Waals surface area contributed by atoms with E-state index in [0.717, 1.165) is 28.8 Å². The van der Waals surface area contributed by atoms with Crippen molar-refractivity contribution in [3.63, 3.8) is 0 Å². The Morgan fingerprint density at radius 3 is 2.96 bits per heavy atom. The summed E-state index contributed by atoms with van der Waals surface area (Å²) in [7, 11) is 0. The molecule has 0 atom stereocenters. The fourth-order valence-electron chi connectivity index (χ4n) is 2.79. The lowest BCUT2D eigenvalue weighted by Crippen LogP contribution is -2.28. The predicted molar refractivity (Wildman–Crippen MR) is 92.2 cm³/mol. The maximum absolute atomic E-state index is 12.5. The molecular weight excluding hydrogens is 310 g/mol. The molecule has 23 heavy (non-hydrogen) atoms. The second kappa shape index (κ2) is 6.37. The number of amides is 1. The van der Waals surface area contributed by atoms with Crippen LogP contribution >= 0.6 is 12.2 Å². The Hall–Kier alpha value is -2.41. The van der Waals surface area contributed by atoms with Gasteiger partial charge in [-0.3, -0.25) is 9.89 Å². The van der Waals surface area contributed by atoms with E-state index in [4.69, 9.17) is 12.2 Å². The van der Waals surface area contributed by atoms with Crippen molar-refractivity contribution in [3.05, 3.63) is 46.1 Å². The van der Waals surface area contributed by atoms with Crippen LogP contribution in [0.2, 0.25) is 0 Å². The van der Waals surface area contributed by atoms with E-state index >= 15 is 0 Å². The third-order valence-electron chi connectivity index (χ3n) is 3.90. The minimum atomic E-state index is -0.0759. The number of nitrogens with zero attached hydrogens (tertiary/aromatic N) is 2. The first-order valence-corrected chi connectivity index (χ1v) is 8.02. The van der Waals surface area contributed by atoms with E-state index in [1.165, 1.54) is 0 Å². The van der Waals surface area contributed by atoms with Crippen LogP contribution in [-0.2, 0) is 13.0 Å². The lowest BCUT2D eigenvalue weighted by atomic mass is 10.1. The molecule has 1 aromatic carbocycles. The Balaban J connectivity index is 1.73. The molecule has 2 aromatic heterocycles. The summed E-state index contributed by atoms with van der Waals surface area (Å²) in [4.78, 5) is 15.8. The van der Waals surface area contributed by atoms with Gasteiger partial charge in [-0.25, -0.2) is 0 Å². The quantitative estimate of drug-likeness (QED) is 0.630. The van der Waals surface area contributed by atoms with Crippen molar-refractivity contribution >= 4 is 29.0 Å². The smallest absolute Gasteiger partial charge is 0.253 e. The summed E-state index contributed by atoms with van der Waals surface area (Å²) >= 11 is 5.21. The first-order chi connectivity index (χ1) is 11.1. The third-order valence-corrected chi connectivity index (χ3v) is 4.21. The van der Waals surface area contributed by atoms with Crippen LogP contribution in [0, 0.1) is 11.7 Å². The molecule has 0 saturated carbocycles. The van der Waals surface area contributed by atoms with E-state index in [9.17, 15) is 4.79 Å². The molecule has 0 aliphatic rings. The second-order valence-electron chi connectivity index (χ2n) is 5.38. The van der Waals surface area contributed by atoms with Crippen molar-refractivity contribution in [1.29, 1.82) is 0 Å². The number of hydrogen-bond donors (Lipinski definition) is 3. The zero-order chi connectivity index (χ0) is 16.4. The monoisotopic (exact) mass is 329 g/mol. The van der Waals surface area contributed by atoms with Crippen LogP contribution in [0.1, 0.15) is 28.8 Å². The molecule has 2 heterocycles. The molecule has 3 aromatic rings. The second-order valence-corrected chi connectivity index (χ2v) is 5.76. The largest absolute Gasteiger partial charge is 0.358 e. The molecule has 3 rings (SSSR count). The highest BCUT2D eigenvalue weighted by Crippen LogP contribution is 2.21. The number of para-hydroxylation sites is 1. The molecule has 0 radical (unpaired) electrons. The summed E-state index contributed by atoms with van der Waals surface area (Å²) in [6.45, 7) is 5.04. The van der Waals surface area contributed by atoms with Gasteiger partial charge in [-0.2, -0.15) is 5.10 Å². The van der Waals surface area contributed by atoms with Gasteiger partial charge in [-0.1, -0.05) is 25.1 Å². The van der Waals surface area contributed by atoms with Gasteiger partial charge in [0.25, 0.3) is 5.91 Å². The Kier molecular flexibility index (Phi) is 4.29. The number of aromatic amines is 2. The first kappa shape index (κ1) is 15.5. The predicted octanol–water partition coefficient (Wildman–Crippen LogP) is 2.72. The summed E-state index contributed by atoms with van der Waals surface area (Å²) in [6.07, 6.45) is 0.794. The molecule has 6 nitrogen and oxygen atoms in total. The number of carbonyl (C=O) groups excluding carboxylic acids is 1. The standard InChI is InChI=1S/C16H19N5OS/c1-3-13-19-20-16(23)21(13)9-8-17-15(22)14-10(2)18-12-7-5-4-6-11(12)14/h4-7,18H,3,8-9H2,1-2H3,(H,17,22)(H,20,23). The highest BCUT2D eigenvalue weighted by Gasteiger charge is 2.15. The molecule has 0 fully saturated rings. The van der Waals surface area contributed by atoms with E-state index in [1.54, 1.807) is 0 Å². The normalized spacial score (nSPS) is 11.0. The van der Waals surface area contributed by atoms with Gasteiger partial charge in [0.05, 0.1) is 5.56 Å². The number of aryl methyl sites for hydroxylation is 2. The summed E-state index contributed by atoms with van der Waals surface area (Å²) in [5, 5.41) is 10.9.